The first-order valence-corrected chi connectivity index (χ1v) is 26.6. The van der Waals surface area contributed by atoms with Crippen LogP contribution in [0.3, 0.4) is 0 Å². The summed E-state index contributed by atoms with van der Waals surface area (Å²) < 4.78 is 5.87. The molecule has 0 saturated heterocycles. The van der Waals surface area contributed by atoms with Crippen LogP contribution in [0.4, 0.5) is 0 Å². The molecule has 3 N–H and O–H groups in total. The van der Waals surface area contributed by atoms with Crippen molar-refractivity contribution in [3.63, 3.8) is 0 Å². The Morgan fingerprint density at radius 3 is 1.25 bits per heavy atom. The van der Waals surface area contributed by atoms with Gasteiger partial charge in [-0.05, 0) is 96.3 Å². The van der Waals surface area contributed by atoms with E-state index in [1.54, 1.807) is 0 Å². The molecule has 65 heavy (non-hydrogen) atoms. The highest BCUT2D eigenvalue weighted by atomic mass is 16.5. The molecule has 0 bridgehead atoms. The molecule has 3 atom stereocenters. The fourth-order valence-electron chi connectivity index (χ4n) is 7.41. The molecule has 0 aliphatic rings. The van der Waals surface area contributed by atoms with Gasteiger partial charge in [-0.1, -0.05) is 226 Å². The molecule has 0 aliphatic heterocycles. The first kappa shape index (κ1) is 61.5. The Morgan fingerprint density at radius 2 is 0.831 bits per heavy atom. The van der Waals surface area contributed by atoms with Gasteiger partial charge in [0, 0.05) is 6.42 Å². The maximum atomic E-state index is 13.2. The first-order valence-electron chi connectivity index (χ1n) is 26.6. The molecule has 6 nitrogen and oxygen atoms in total. The van der Waals surface area contributed by atoms with Crippen molar-refractivity contribution in [1.29, 1.82) is 0 Å². The number of amides is 1. The number of aliphatic hydroxyl groups excluding tert-OH is 2. The van der Waals surface area contributed by atoms with Gasteiger partial charge in [0.05, 0.1) is 25.2 Å². The monoisotopic (exact) mass is 902 g/mol. The van der Waals surface area contributed by atoms with Crippen LogP contribution in [-0.4, -0.2) is 46.9 Å². The lowest BCUT2D eigenvalue weighted by molar-refractivity contribution is -0.150. The summed E-state index contributed by atoms with van der Waals surface area (Å²) in [5, 5.41) is 23.8. The van der Waals surface area contributed by atoms with Gasteiger partial charge < -0.3 is 20.3 Å². The van der Waals surface area contributed by atoms with Crippen molar-refractivity contribution in [2.75, 3.05) is 6.61 Å². The lowest BCUT2D eigenvalue weighted by Crippen LogP contribution is -2.46. The highest BCUT2D eigenvalue weighted by Crippen LogP contribution is 2.17. The second-order valence-electron chi connectivity index (χ2n) is 17.5. The van der Waals surface area contributed by atoms with Crippen molar-refractivity contribution in [3.05, 3.63) is 109 Å². The number of ether oxygens (including phenoxy) is 1. The lowest BCUT2D eigenvalue weighted by atomic mass is 10.0. The van der Waals surface area contributed by atoms with Gasteiger partial charge in [0.15, 0.2) is 0 Å². The molecule has 0 rings (SSSR count). The maximum Gasteiger partial charge on any atom is 0.306 e. The number of carbonyl (C=O) groups is 2. The summed E-state index contributed by atoms with van der Waals surface area (Å²) in [5.41, 5.74) is 0. The Balaban J connectivity index is 4.70. The second-order valence-corrected chi connectivity index (χ2v) is 17.5. The molecule has 370 valence electrons. The molecule has 0 saturated carbocycles. The van der Waals surface area contributed by atoms with Crippen molar-refractivity contribution >= 4 is 11.9 Å². The standard InChI is InChI=1S/C59H99NO5/c1-4-7-10-13-16-19-22-25-27-28-29-30-32-34-37-40-43-46-49-52-59(64)65-55(50-47-44-41-38-35-24-21-18-15-12-9-6-3)53-58(63)60-56(54-61)57(62)51-48-45-42-39-36-33-31-26-23-20-17-14-11-8-5-2/h7,9-10,12,16,18-19,21,25,27,29-30,34-35,37-38,43,46,55-57,61-62H,4-6,8,11,13-15,17,20,22-24,26,28,31-33,36,39-42,44-45,47-54H2,1-3H3,(H,60,63)/b10-7-,12-9+,19-16-,21-18+,27-25-,30-29-,37-34-,38-35+,46-43-. The third-order valence-corrected chi connectivity index (χ3v) is 11.4. The summed E-state index contributed by atoms with van der Waals surface area (Å²) in [5.74, 6) is -0.621. The van der Waals surface area contributed by atoms with Crippen LogP contribution < -0.4 is 5.32 Å². The number of hydrogen-bond acceptors (Lipinski definition) is 5. The fourth-order valence-corrected chi connectivity index (χ4v) is 7.41. The molecule has 0 heterocycles. The molecule has 0 radical (unpaired) electrons. The van der Waals surface area contributed by atoms with E-state index in [1.807, 2.05) is 6.08 Å². The van der Waals surface area contributed by atoms with Crippen molar-refractivity contribution in [3.8, 4) is 0 Å². The molecule has 3 unspecified atom stereocenters. The van der Waals surface area contributed by atoms with Crippen LogP contribution in [0.1, 0.15) is 226 Å². The molecular formula is C59H99NO5. The Morgan fingerprint density at radius 1 is 0.462 bits per heavy atom. The molecular weight excluding hydrogens is 803 g/mol. The molecule has 0 aromatic heterocycles. The van der Waals surface area contributed by atoms with E-state index in [9.17, 15) is 19.8 Å². The maximum absolute atomic E-state index is 13.2. The normalized spacial score (nSPS) is 14.1. The SMILES string of the molecule is CC/C=C\C/C=C\C/C=C\C/C=C\C/C=C\C/C=C\CCC(=O)OC(CCCC/C=C/C/C=C/C/C=C/CC)CC(=O)NC(CO)C(O)CCCCCCCCCCCCCCCCC. The summed E-state index contributed by atoms with van der Waals surface area (Å²) >= 11 is 0. The van der Waals surface area contributed by atoms with E-state index in [0.29, 0.717) is 19.3 Å². The van der Waals surface area contributed by atoms with Gasteiger partial charge in [-0.2, -0.15) is 0 Å². The van der Waals surface area contributed by atoms with Crippen LogP contribution in [0.2, 0.25) is 0 Å². The van der Waals surface area contributed by atoms with Gasteiger partial charge >= 0.3 is 5.97 Å². The summed E-state index contributed by atoms with van der Waals surface area (Å²) in [4.78, 5) is 26.1. The molecule has 0 fully saturated rings. The van der Waals surface area contributed by atoms with Crippen LogP contribution in [0.25, 0.3) is 0 Å². The fraction of sp³-hybridized carbons (Fsp3) is 0.661. The first-order chi connectivity index (χ1) is 32.0. The van der Waals surface area contributed by atoms with E-state index in [2.05, 4.69) is 129 Å². The Hall–Kier alpha value is -3.48. The molecule has 6 heteroatoms. The largest absolute Gasteiger partial charge is 0.462 e. The molecule has 0 spiro atoms. The zero-order valence-corrected chi connectivity index (χ0v) is 42.1. The van der Waals surface area contributed by atoms with Gasteiger partial charge in [0.2, 0.25) is 5.91 Å². The number of unbranched alkanes of at least 4 members (excludes halogenated alkanes) is 16. The number of aliphatic hydroxyl groups is 2. The zero-order valence-electron chi connectivity index (χ0n) is 42.1. The van der Waals surface area contributed by atoms with Crippen molar-refractivity contribution in [1.82, 2.24) is 5.32 Å². The van der Waals surface area contributed by atoms with Gasteiger partial charge in [0.1, 0.15) is 6.10 Å². The molecule has 0 aromatic carbocycles. The van der Waals surface area contributed by atoms with Crippen molar-refractivity contribution in [2.24, 2.45) is 0 Å². The van der Waals surface area contributed by atoms with Gasteiger partial charge in [-0.25, -0.2) is 0 Å². The minimum absolute atomic E-state index is 0.0148. The number of nitrogens with one attached hydrogen (secondary N) is 1. The van der Waals surface area contributed by atoms with E-state index >= 15 is 0 Å². The average molecular weight is 902 g/mol. The van der Waals surface area contributed by atoms with Crippen LogP contribution >= 0.6 is 0 Å². The zero-order chi connectivity index (χ0) is 47.4. The van der Waals surface area contributed by atoms with Crippen LogP contribution in [-0.2, 0) is 14.3 Å². The van der Waals surface area contributed by atoms with E-state index in [1.165, 1.54) is 77.0 Å². The minimum atomic E-state index is -0.817. The van der Waals surface area contributed by atoms with E-state index in [-0.39, 0.29) is 31.3 Å². The highest BCUT2D eigenvalue weighted by molar-refractivity contribution is 5.77. The van der Waals surface area contributed by atoms with Crippen molar-refractivity contribution < 1.29 is 24.5 Å². The predicted molar refractivity (Wildman–Crippen MR) is 282 cm³/mol. The van der Waals surface area contributed by atoms with E-state index < -0.39 is 18.2 Å². The van der Waals surface area contributed by atoms with Gasteiger partial charge in [-0.3, -0.25) is 9.59 Å². The van der Waals surface area contributed by atoms with Crippen LogP contribution in [0.5, 0.6) is 0 Å². The van der Waals surface area contributed by atoms with Gasteiger partial charge in [0.25, 0.3) is 0 Å². The minimum Gasteiger partial charge on any atom is -0.462 e. The third kappa shape index (κ3) is 46.8. The van der Waals surface area contributed by atoms with Crippen LogP contribution in [0, 0.1) is 0 Å². The number of rotatable bonds is 46. The summed E-state index contributed by atoms with van der Waals surface area (Å²) in [6.07, 6.45) is 70.2. The Bertz CT molecular complexity index is 1330. The van der Waals surface area contributed by atoms with Crippen LogP contribution in [0.15, 0.2) is 109 Å². The molecule has 1 amide bonds. The molecule has 0 aliphatic carbocycles. The van der Waals surface area contributed by atoms with E-state index in [4.69, 9.17) is 4.74 Å². The average Bonchev–Trinajstić information content (AvgIpc) is 3.30. The second kappa shape index (κ2) is 51.5. The summed E-state index contributed by atoms with van der Waals surface area (Å²) in [6, 6.07) is -0.736. The summed E-state index contributed by atoms with van der Waals surface area (Å²) in [7, 11) is 0. The number of allylic oxidation sites excluding steroid dienone is 18. The lowest BCUT2D eigenvalue weighted by Gasteiger charge is -2.24. The quantitative estimate of drug-likeness (QED) is 0.0321. The molecule has 0 aromatic rings. The predicted octanol–water partition coefficient (Wildman–Crippen LogP) is 16.3. The summed E-state index contributed by atoms with van der Waals surface area (Å²) in [6.45, 7) is 6.22. The van der Waals surface area contributed by atoms with Crippen molar-refractivity contribution in [2.45, 2.75) is 244 Å². The smallest absolute Gasteiger partial charge is 0.306 e. The highest BCUT2D eigenvalue weighted by Gasteiger charge is 2.24. The number of carbonyl (C=O) groups excluding carboxylic acids is 2. The topological polar surface area (TPSA) is 95.9 Å². The van der Waals surface area contributed by atoms with Gasteiger partial charge in [-0.15, -0.1) is 0 Å². The number of esters is 1. The number of hydrogen-bond donors (Lipinski definition) is 3. The Kier molecular flexibility index (Phi) is 48.7. The Labute approximate surface area is 400 Å². The van der Waals surface area contributed by atoms with E-state index in [0.717, 1.165) is 96.3 Å². The third-order valence-electron chi connectivity index (χ3n) is 11.4.